The van der Waals surface area contributed by atoms with Crippen LogP contribution in [-0.4, -0.2) is 71.9 Å². The summed E-state index contributed by atoms with van der Waals surface area (Å²) in [6.07, 6.45) is 0. The summed E-state index contributed by atoms with van der Waals surface area (Å²) in [5.74, 6) is 1.03. The zero-order valence-corrected chi connectivity index (χ0v) is 18.6. The molecule has 34 heavy (non-hydrogen) atoms. The number of nitrogens with zero attached hydrogens (tertiary/aromatic N) is 2. The summed E-state index contributed by atoms with van der Waals surface area (Å²) < 4.78 is 25.9. The molecule has 8 nitrogen and oxygen atoms in total. The molecule has 178 valence electrons. The molecule has 3 rings (SSSR count). The summed E-state index contributed by atoms with van der Waals surface area (Å²) in [5, 5.41) is 11.1. The molecule has 2 aromatic rings. The summed E-state index contributed by atoms with van der Waals surface area (Å²) in [7, 11) is 2.59. The average molecular weight is 470 g/mol. The number of amides is 3. The monoisotopic (exact) mass is 470 g/mol. The minimum atomic E-state index is -2.58. The highest BCUT2D eigenvalue weighted by Crippen LogP contribution is 2.27. The number of carbonyl (C=O) groups is 3. The van der Waals surface area contributed by atoms with E-state index in [-0.39, 0.29) is 18.7 Å². The van der Waals surface area contributed by atoms with Crippen molar-refractivity contribution in [3.63, 3.8) is 0 Å². The fourth-order valence-corrected chi connectivity index (χ4v) is 3.50. The average Bonchev–Trinajstić information content (AvgIpc) is 2.82. The summed E-state index contributed by atoms with van der Waals surface area (Å²) in [6.45, 7) is 0.0296. The van der Waals surface area contributed by atoms with Gasteiger partial charge in [-0.3, -0.25) is 24.5 Å². The molecule has 1 saturated heterocycles. The molecule has 0 bridgehead atoms. The highest BCUT2D eigenvalue weighted by molar-refractivity contribution is 6.08. The van der Waals surface area contributed by atoms with E-state index in [0.29, 0.717) is 12.1 Å². The third-order valence-corrected chi connectivity index (χ3v) is 5.31. The number of nitrogens with one attached hydrogen (secondary N) is 2. The van der Waals surface area contributed by atoms with Crippen LogP contribution >= 0.6 is 0 Å². The Balaban J connectivity index is 1.63. The van der Waals surface area contributed by atoms with Crippen molar-refractivity contribution in [1.82, 2.24) is 20.6 Å². The van der Waals surface area contributed by atoms with E-state index < -0.39 is 29.7 Å². The molecule has 1 fully saturated rings. The lowest BCUT2D eigenvalue weighted by Gasteiger charge is -2.38. The van der Waals surface area contributed by atoms with Crippen LogP contribution in [0.4, 0.5) is 8.78 Å². The Bertz CT molecular complexity index is 1100. The minimum Gasteiger partial charge on any atom is -0.357 e. The zero-order chi connectivity index (χ0) is 24.9. The topological polar surface area (TPSA) is 102 Å². The van der Waals surface area contributed by atoms with Gasteiger partial charge >= 0.3 is 0 Å². The first-order chi connectivity index (χ1) is 16.1. The number of carbonyl (C=O) groups excluding carboxylic acids is 3. The van der Waals surface area contributed by atoms with Gasteiger partial charge in [0, 0.05) is 37.3 Å². The second kappa shape index (κ2) is 10.4. The molecule has 0 saturated carbocycles. The van der Waals surface area contributed by atoms with Crippen LogP contribution in [0.15, 0.2) is 48.5 Å². The lowest BCUT2D eigenvalue weighted by molar-refractivity contribution is -0.140. The first-order valence-electron chi connectivity index (χ1n) is 10.4. The molecule has 0 spiro atoms. The van der Waals surface area contributed by atoms with Gasteiger partial charge in [0.2, 0.25) is 0 Å². The molecule has 1 aliphatic rings. The number of likely N-dealkylation sites (N-methyl/N-ethyl adjacent to an activating group) is 2. The largest absolute Gasteiger partial charge is 0.357 e. The van der Waals surface area contributed by atoms with Crippen LogP contribution in [-0.2, 0) is 16.1 Å². The maximum Gasteiger partial charge on any atom is 0.275 e. The van der Waals surface area contributed by atoms with Crippen molar-refractivity contribution in [2.24, 2.45) is 0 Å². The third kappa shape index (κ3) is 5.95. The zero-order valence-electron chi connectivity index (χ0n) is 18.6. The predicted octanol–water partition coefficient (Wildman–Crippen LogP) is 1.23. The van der Waals surface area contributed by atoms with Crippen LogP contribution in [0.2, 0.25) is 0 Å². The van der Waals surface area contributed by atoms with Gasteiger partial charge in [0.15, 0.2) is 6.04 Å². The van der Waals surface area contributed by atoms with E-state index in [1.165, 1.54) is 31.7 Å². The van der Waals surface area contributed by atoms with Crippen molar-refractivity contribution < 1.29 is 28.4 Å². The van der Waals surface area contributed by atoms with Crippen molar-refractivity contribution in [2.75, 3.05) is 27.2 Å². The third-order valence-electron chi connectivity index (χ3n) is 5.31. The number of benzene rings is 2. The van der Waals surface area contributed by atoms with Crippen LogP contribution in [0, 0.1) is 11.8 Å². The van der Waals surface area contributed by atoms with Crippen molar-refractivity contribution >= 4 is 17.7 Å². The highest BCUT2D eigenvalue weighted by atomic mass is 19.3. The quantitative estimate of drug-likeness (QED) is 0.255. The Morgan fingerprint density at radius 3 is 2.03 bits per heavy atom. The predicted molar refractivity (Wildman–Crippen MR) is 119 cm³/mol. The molecule has 2 aromatic carbocycles. The van der Waals surface area contributed by atoms with Crippen LogP contribution in [0.1, 0.15) is 27.0 Å². The van der Waals surface area contributed by atoms with Gasteiger partial charge in [-0.15, -0.1) is 0 Å². The van der Waals surface area contributed by atoms with Gasteiger partial charge in [-0.25, -0.2) is 14.3 Å². The Hall–Kier alpha value is -3.81. The number of hydrogen-bond donors (Lipinski definition) is 3. The van der Waals surface area contributed by atoms with Crippen LogP contribution in [0.5, 0.6) is 0 Å². The van der Waals surface area contributed by atoms with Gasteiger partial charge in [-0.1, -0.05) is 24.0 Å². The van der Waals surface area contributed by atoms with Gasteiger partial charge in [-0.05, 0) is 42.0 Å². The van der Waals surface area contributed by atoms with Crippen molar-refractivity contribution in [3.8, 4) is 11.8 Å². The molecule has 1 aliphatic heterocycles. The molecular formula is C24H24F2N4O4. The standard InChI is InChI=1S/C24H24F2N4O4/c1-27-21(31)20(22(32)28-34)29(2)23(33)19-11-9-17(10-12-19)4-3-16-5-7-18(8-6-16)13-30-14-24(25,26)15-30/h5-12,20,34H,13-15H2,1-2H3,(H,27,31)(H,28,32). The lowest BCUT2D eigenvalue weighted by atomic mass is 10.1. The Kier molecular flexibility index (Phi) is 7.61. The number of hydroxylamine groups is 1. The van der Waals surface area contributed by atoms with E-state index in [1.54, 1.807) is 17.0 Å². The minimum absolute atomic E-state index is 0.218. The van der Waals surface area contributed by atoms with E-state index in [4.69, 9.17) is 5.21 Å². The van der Waals surface area contributed by atoms with E-state index in [9.17, 15) is 23.2 Å². The number of alkyl halides is 2. The molecular weight excluding hydrogens is 446 g/mol. The summed E-state index contributed by atoms with van der Waals surface area (Å²) in [6, 6.07) is 12.1. The Labute approximate surface area is 195 Å². The van der Waals surface area contributed by atoms with E-state index in [2.05, 4.69) is 17.2 Å². The summed E-state index contributed by atoms with van der Waals surface area (Å²) in [4.78, 5) is 39.1. The van der Waals surface area contributed by atoms with Gasteiger partial charge in [0.25, 0.3) is 23.6 Å². The molecule has 1 atom stereocenters. The SMILES string of the molecule is CNC(=O)C(C(=O)NO)N(C)C(=O)c1ccc(C#Cc2ccc(CN3CC(F)(F)C3)cc2)cc1. The molecule has 0 aromatic heterocycles. The Morgan fingerprint density at radius 1 is 1.03 bits per heavy atom. The van der Waals surface area contributed by atoms with Gasteiger partial charge in [-0.2, -0.15) is 0 Å². The number of hydrogen-bond acceptors (Lipinski definition) is 5. The van der Waals surface area contributed by atoms with Crippen LogP contribution in [0.3, 0.4) is 0 Å². The van der Waals surface area contributed by atoms with Crippen molar-refractivity contribution in [2.45, 2.75) is 18.5 Å². The van der Waals surface area contributed by atoms with Crippen LogP contribution in [0.25, 0.3) is 0 Å². The normalized spacial score (nSPS) is 15.2. The second-order valence-electron chi connectivity index (χ2n) is 7.93. The molecule has 3 N–H and O–H groups in total. The molecule has 0 radical (unpaired) electrons. The van der Waals surface area contributed by atoms with Crippen molar-refractivity contribution in [1.29, 1.82) is 0 Å². The van der Waals surface area contributed by atoms with Gasteiger partial charge in [0.1, 0.15) is 0 Å². The molecule has 10 heteroatoms. The lowest BCUT2D eigenvalue weighted by Crippen LogP contribution is -2.55. The molecule has 1 unspecified atom stereocenters. The first-order valence-corrected chi connectivity index (χ1v) is 10.4. The van der Waals surface area contributed by atoms with Gasteiger partial charge < -0.3 is 10.2 Å². The maximum atomic E-state index is 12.9. The fourth-order valence-electron chi connectivity index (χ4n) is 3.50. The number of likely N-dealkylation sites (tertiary alicyclic amines) is 1. The van der Waals surface area contributed by atoms with Gasteiger partial charge in [0.05, 0.1) is 13.1 Å². The summed E-state index contributed by atoms with van der Waals surface area (Å²) >= 11 is 0. The summed E-state index contributed by atoms with van der Waals surface area (Å²) in [5.41, 5.74) is 3.94. The smallest absolute Gasteiger partial charge is 0.275 e. The molecule has 0 aliphatic carbocycles. The second-order valence-corrected chi connectivity index (χ2v) is 7.93. The Morgan fingerprint density at radius 2 is 1.56 bits per heavy atom. The van der Waals surface area contributed by atoms with Crippen molar-refractivity contribution in [3.05, 3.63) is 70.8 Å². The van der Waals surface area contributed by atoms with E-state index >= 15 is 0 Å². The highest BCUT2D eigenvalue weighted by Gasteiger charge is 2.43. The van der Waals surface area contributed by atoms with Crippen LogP contribution < -0.4 is 10.8 Å². The maximum absolute atomic E-state index is 12.9. The first kappa shape index (κ1) is 24.8. The van der Waals surface area contributed by atoms with E-state index in [0.717, 1.165) is 16.0 Å². The molecule has 3 amide bonds. The van der Waals surface area contributed by atoms with E-state index in [1.807, 2.05) is 24.3 Å². The number of rotatable bonds is 6. The molecule has 1 heterocycles. The fraction of sp³-hybridized carbons (Fsp3) is 0.292. The number of halogens is 2.